The average molecular weight is 374 g/mol. The Hall–Kier alpha value is -2.89. The molecule has 6 nitrogen and oxygen atoms in total. The molecule has 1 atom stereocenters. The zero-order valence-corrected chi connectivity index (χ0v) is 16.4. The van der Waals surface area contributed by atoms with Gasteiger partial charge in [-0.3, -0.25) is 0 Å². The smallest absolute Gasteiger partial charge is 0.182 e. The lowest BCUT2D eigenvalue weighted by Gasteiger charge is -2.40. The molecule has 0 radical (unpaired) electrons. The molecule has 1 aliphatic carbocycles. The quantitative estimate of drug-likeness (QED) is 0.714. The summed E-state index contributed by atoms with van der Waals surface area (Å²) in [6, 6.07) is 7.38. The number of imidazole rings is 1. The molecule has 0 amide bonds. The lowest BCUT2D eigenvalue weighted by molar-refractivity contribution is 0.235. The van der Waals surface area contributed by atoms with Crippen molar-refractivity contribution >= 4 is 23.1 Å². The van der Waals surface area contributed by atoms with E-state index in [1.54, 1.807) is 12.7 Å². The summed E-state index contributed by atoms with van der Waals surface area (Å²) in [6.45, 7) is 5.44. The van der Waals surface area contributed by atoms with Crippen molar-refractivity contribution in [2.75, 3.05) is 5.32 Å². The van der Waals surface area contributed by atoms with Gasteiger partial charge in [0.05, 0.1) is 12.4 Å². The van der Waals surface area contributed by atoms with Gasteiger partial charge in [0.2, 0.25) is 0 Å². The number of benzene rings is 1. The van der Waals surface area contributed by atoms with Crippen LogP contribution in [0.3, 0.4) is 0 Å². The predicted molar refractivity (Wildman–Crippen MR) is 112 cm³/mol. The van der Waals surface area contributed by atoms with Crippen molar-refractivity contribution < 1.29 is 0 Å². The number of nitrogens with zero attached hydrogens (tertiary/aromatic N) is 4. The van der Waals surface area contributed by atoms with Crippen molar-refractivity contribution in [2.24, 2.45) is 0 Å². The molecule has 0 saturated heterocycles. The number of aryl methyl sites for hydroxylation is 1. The normalized spacial score (nSPS) is 18.2. The number of H-pyrrole nitrogens is 1. The Morgan fingerprint density at radius 1 is 1.18 bits per heavy atom. The standard InChI is InChI=1S/C22H26N6/c1-14-6-5-7-16-10-19(28(11-18(14)16)17-8-3-4-9-17)15(2)27-22-20-21(24-12-23-20)25-13-26-22/h5-7,10,12-13,15,17H,3-4,8-9,11H2,1-2H3,(H2,23,24,25,26,27). The molecule has 1 aromatic carbocycles. The van der Waals surface area contributed by atoms with Crippen LogP contribution in [-0.4, -0.2) is 36.9 Å². The average Bonchev–Trinajstić information content (AvgIpc) is 3.40. The van der Waals surface area contributed by atoms with Crippen LogP contribution in [0.4, 0.5) is 5.82 Å². The van der Waals surface area contributed by atoms with Gasteiger partial charge < -0.3 is 15.2 Å². The fraction of sp³-hybridized carbons (Fsp3) is 0.409. The molecule has 144 valence electrons. The van der Waals surface area contributed by atoms with Crippen LogP contribution < -0.4 is 5.32 Å². The number of aromatic nitrogens is 4. The van der Waals surface area contributed by atoms with E-state index in [0.717, 1.165) is 17.9 Å². The topological polar surface area (TPSA) is 69.7 Å². The Morgan fingerprint density at radius 2 is 2.04 bits per heavy atom. The van der Waals surface area contributed by atoms with Crippen LogP contribution in [0.15, 0.2) is 36.6 Å². The minimum atomic E-state index is 0.135. The second-order valence-electron chi connectivity index (χ2n) is 7.97. The summed E-state index contributed by atoms with van der Waals surface area (Å²) in [5, 5.41) is 3.61. The molecule has 1 aliphatic heterocycles. The summed E-state index contributed by atoms with van der Waals surface area (Å²) in [6.07, 6.45) is 10.8. The minimum Gasteiger partial charge on any atom is -0.366 e. The number of nitrogens with one attached hydrogen (secondary N) is 2. The molecule has 2 aliphatic rings. The van der Waals surface area contributed by atoms with E-state index < -0.39 is 0 Å². The molecule has 5 rings (SSSR count). The number of aromatic amines is 1. The Labute approximate surface area is 165 Å². The fourth-order valence-corrected chi connectivity index (χ4v) is 4.66. The SMILES string of the molecule is Cc1cccc2c1CN(C1CCCC1)C(C(C)Nc1ncnc3nc[nH]c13)=C2. The molecular weight excluding hydrogens is 348 g/mol. The van der Waals surface area contributed by atoms with Crippen LogP contribution in [0.2, 0.25) is 0 Å². The number of anilines is 1. The first kappa shape index (κ1) is 17.2. The summed E-state index contributed by atoms with van der Waals surface area (Å²) < 4.78 is 0. The zero-order valence-electron chi connectivity index (χ0n) is 16.4. The Morgan fingerprint density at radius 3 is 2.89 bits per heavy atom. The third kappa shape index (κ3) is 2.93. The van der Waals surface area contributed by atoms with Crippen molar-refractivity contribution in [1.82, 2.24) is 24.8 Å². The van der Waals surface area contributed by atoms with Gasteiger partial charge in [0, 0.05) is 18.3 Å². The van der Waals surface area contributed by atoms with E-state index in [4.69, 9.17) is 0 Å². The molecule has 0 spiro atoms. The number of hydrogen-bond donors (Lipinski definition) is 2. The molecule has 1 unspecified atom stereocenters. The van der Waals surface area contributed by atoms with Crippen LogP contribution in [0.5, 0.6) is 0 Å². The Bertz CT molecular complexity index is 1030. The highest BCUT2D eigenvalue weighted by Gasteiger charge is 2.30. The van der Waals surface area contributed by atoms with Crippen molar-refractivity contribution in [2.45, 2.75) is 58.2 Å². The predicted octanol–water partition coefficient (Wildman–Crippen LogP) is 4.26. The monoisotopic (exact) mass is 374 g/mol. The van der Waals surface area contributed by atoms with Gasteiger partial charge in [0.25, 0.3) is 0 Å². The van der Waals surface area contributed by atoms with E-state index in [9.17, 15) is 0 Å². The first-order chi connectivity index (χ1) is 13.7. The van der Waals surface area contributed by atoms with Crippen molar-refractivity contribution in [1.29, 1.82) is 0 Å². The van der Waals surface area contributed by atoms with Gasteiger partial charge in [-0.05, 0) is 49.5 Å². The molecule has 1 fully saturated rings. The van der Waals surface area contributed by atoms with Crippen LogP contribution in [0, 0.1) is 6.92 Å². The summed E-state index contributed by atoms with van der Waals surface area (Å²) in [5.74, 6) is 0.803. The number of hydrogen-bond acceptors (Lipinski definition) is 5. The van der Waals surface area contributed by atoms with Gasteiger partial charge in [-0.25, -0.2) is 15.0 Å². The molecule has 6 heteroatoms. The molecule has 28 heavy (non-hydrogen) atoms. The maximum absolute atomic E-state index is 4.46. The van der Waals surface area contributed by atoms with Crippen LogP contribution in [0.1, 0.15) is 49.3 Å². The second kappa shape index (κ2) is 6.93. The first-order valence-corrected chi connectivity index (χ1v) is 10.2. The van der Waals surface area contributed by atoms with Crippen LogP contribution in [-0.2, 0) is 6.54 Å². The lowest BCUT2D eigenvalue weighted by atomic mass is 9.93. The van der Waals surface area contributed by atoms with E-state index in [0.29, 0.717) is 11.7 Å². The first-order valence-electron chi connectivity index (χ1n) is 10.2. The minimum absolute atomic E-state index is 0.135. The van der Waals surface area contributed by atoms with Gasteiger partial charge in [-0.1, -0.05) is 31.0 Å². The van der Waals surface area contributed by atoms with E-state index >= 15 is 0 Å². The third-order valence-corrected chi connectivity index (χ3v) is 6.20. The molecule has 3 heterocycles. The summed E-state index contributed by atoms with van der Waals surface area (Å²) in [4.78, 5) is 18.7. The van der Waals surface area contributed by atoms with Gasteiger partial charge in [0.15, 0.2) is 11.5 Å². The Kier molecular flexibility index (Phi) is 4.26. The van der Waals surface area contributed by atoms with Crippen molar-refractivity contribution in [3.05, 3.63) is 53.2 Å². The summed E-state index contributed by atoms with van der Waals surface area (Å²) >= 11 is 0. The van der Waals surface area contributed by atoms with Crippen LogP contribution in [0.25, 0.3) is 17.2 Å². The van der Waals surface area contributed by atoms with Crippen molar-refractivity contribution in [3.63, 3.8) is 0 Å². The van der Waals surface area contributed by atoms with Gasteiger partial charge >= 0.3 is 0 Å². The van der Waals surface area contributed by atoms with E-state index in [1.165, 1.54) is 48.1 Å². The second-order valence-corrected chi connectivity index (χ2v) is 7.97. The zero-order chi connectivity index (χ0) is 19.1. The summed E-state index contributed by atoms with van der Waals surface area (Å²) in [5.41, 5.74) is 7.07. The highest BCUT2D eigenvalue weighted by molar-refractivity contribution is 5.82. The number of fused-ring (bicyclic) bond motifs is 2. The van der Waals surface area contributed by atoms with E-state index in [1.807, 2.05) is 0 Å². The number of rotatable bonds is 4. The summed E-state index contributed by atoms with van der Waals surface area (Å²) in [7, 11) is 0. The van der Waals surface area contributed by atoms with E-state index in [-0.39, 0.29) is 6.04 Å². The van der Waals surface area contributed by atoms with E-state index in [2.05, 4.69) is 68.3 Å². The van der Waals surface area contributed by atoms with Gasteiger partial charge in [-0.2, -0.15) is 0 Å². The molecule has 0 bridgehead atoms. The third-order valence-electron chi connectivity index (χ3n) is 6.20. The molecule has 3 aromatic rings. The van der Waals surface area contributed by atoms with Gasteiger partial charge in [-0.15, -0.1) is 0 Å². The molecule has 1 saturated carbocycles. The Balaban J connectivity index is 1.51. The molecular formula is C22H26N6. The molecule has 2 aromatic heterocycles. The molecule has 2 N–H and O–H groups in total. The highest BCUT2D eigenvalue weighted by Crippen LogP contribution is 2.35. The largest absolute Gasteiger partial charge is 0.366 e. The fourth-order valence-electron chi connectivity index (χ4n) is 4.66. The van der Waals surface area contributed by atoms with Crippen LogP contribution >= 0.6 is 0 Å². The van der Waals surface area contributed by atoms with Gasteiger partial charge in [0.1, 0.15) is 11.8 Å². The highest BCUT2D eigenvalue weighted by atomic mass is 15.2. The maximum atomic E-state index is 4.46. The lowest BCUT2D eigenvalue weighted by Crippen LogP contribution is -2.40. The van der Waals surface area contributed by atoms with Crippen molar-refractivity contribution in [3.8, 4) is 0 Å². The maximum Gasteiger partial charge on any atom is 0.182 e.